The molecule has 2 atom stereocenters. The van der Waals surface area contributed by atoms with E-state index in [1.807, 2.05) is 12.1 Å². The topological polar surface area (TPSA) is 69.6 Å². The van der Waals surface area contributed by atoms with Crippen LogP contribution in [-0.2, 0) is 16.1 Å². The van der Waals surface area contributed by atoms with Gasteiger partial charge in [-0.3, -0.25) is 9.69 Å². The van der Waals surface area contributed by atoms with Crippen LogP contribution in [0, 0.1) is 5.92 Å². The molecular weight excluding hydrogens is 288 g/mol. The van der Waals surface area contributed by atoms with E-state index in [4.69, 9.17) is 5.11 Å². The molecule has 0 radical (unpaired) electrons. The van der Waals surface area contributed by atoms with Crippen LogP contribution in [0.15, 0.2) is 18.2 Å². The molecule has 2 N–H and O–H groups in total. The van der Waals surface area contributed by atoms with Gasteiger partial charge in [0.25, 0.3) is 0 Å². The molecule has 3 rings (SSSR count). The standard InChI is InChI=1S/C15H18N2O3S/c18-14(19)6-5-10-3-4-11(21-10)9-17-7-1-2-12-13(17)8-16-15(12)20/h3-6,12-13H,1-2,7-9H2,(H,16,20)(H,18,19)/b6-5+. The first-order valence-electron chi connectivity index (χ1n) is 7.15. The van der Waals surface area contributed by atoms with Crippen LogP contribution in [0.5, 0.6) is 0 Å². The normalized spacial score (nSPS) is 26.0. The number of aliphatic carboxylic acids is 1. The van der Waals surface area contributed by atoms with E-state index >= 15 is 0 Å². The number of amides is 1. The number of carbonyl (C=O) groups excluding carboxylic acids is 1. The van der Waals surface area contributed by atoms with E-state index in [9.17, 15) is 9.59 Å². The van der Waals surface area contributed by atoms with Gasteiger partial charge < -0.3 is 10.4 Å². The molecule has 5 nitrogen and oxygen atoms in total. The van der Waals surface area contributed by atoms with Crippen LogP contribution in [0.2, 0.25) is 0 Å². The number of hydrogen-bond donors (Lipinski definition) is 2. The summed E-state index contributed by atoms with van der Waals surface area (Å²) in [4.78, 5) is 26.8. The Kier molecular flexibility index (Phi) is 4.07. The number of likely N-dealkylation sites (tertiary alicyclic amines) is 1. The summed E-state index contributed by atoms with van der Waals surface area (Å²) >= 11 is 1.61. The van der Waals surface area contributed by atoms with Crippen molar-refractivity contribution in [1.29, 1.82) is 0 Å². The van der Waals surface area contributed by atoms with E-state index in [1.54, 1.807) is 17.4 Å². The van der Waals surface area contributed by atoms with Crippen molar-refractivity contribution >= 4 is 29.3 Å². The predicted molar refractivity (Wildman–Crippen MR) is 80.9 cm³/mol. The second-order valence-electron chi connectivity index (χ2n) is 5.51. The molecule has 2 saturated heterocycles. The molecule has 0 bridgehead atoms. The minimum Gasteiger partial charge on any atom is -0.478 e. The summed E-state index contributed by atoms with van der Waals surface area (Å²) in [7, 11) is 0. The third-order valence-electron chi connectivity index (χ3n) is 4.15. The lowest BCUT2D eigenvalue weighted by molar-refractivity contribution is -0.131. The SMILES string of the molecule is O=C(O)/C=C/c1ccc(CN2CCCC3C(=O)NCC32)s1. The van der Waals surface area contributed by atoms with Crippen molar-refractivity contribution in [2.75, 3.05) is 13.1 Å². The number of carboxylic acid groups (broad SMARTS) is 1. The van der Waals surface area contributed by atoms with Gasteiger partial charge in [-0.15, -0.1) is 11.3 Å². The lowest BCUT2D eigenvalue weighted by Gasteiger charge is -2.35. The number of thiophene rings is 1. The molecule has 2 unspecified atom stereocenters. The largest absolute Gasteiger partial charge is 0.478 e. The highest BCUT2D eigenvalue weighted by molar-refractivity contribution is 7.12. The fourth-order valence-electron chi connectivity index (χ4n) is 3.16. The van der Waals surface area contributed by atoms with Crippen molar-refractivity contribution in [2.45, 2.75) is 25.4 Å². The predicted octanol–water partition coefficient (Wildman–Crippen LogP) is 1.56. The van der Waals surface area contributed by atoms with Crippen molar-refractivity contribution in [3.63, 3.8) is 0 Å². The zero-order valence-electron chi connectivity index (χ0n) is 11.6. The Balaban J connectivity index is 1.66. The van der Waals surface area contributed by atoms with Crippen LogP contribution in [-0.4, -0.2) is 41.0 Å². The minimum atomic E-state index is -0.931. The first-order valence-corrected chi connectivity index (χ1v) is 7.96. The Morgan fingerprint density at radius 3 is 3.19 bits per heavy atom. The number of nitrogens with one attached hydrogen (secondary N) is 1. The maximum absolute atomic E-state index is 11.8. The average Bonchev–Trinajstić information content (AvgIpc) is 3.05. The molecule has 0 spiro atoms. The highest BCUT2D eigenvalue weighted by Crippen LogP contribution is 2.30. The van der Waals surface area contributed by atoms with Crippen LogP contribution in [0.25, 0.3) is 6.08 Å². The third kappa shape index (κ3) is 3.16. The summed E-state index contributed by atoms with van der Waals surface area (Å²) in [6.07, 6.45) is 4.83. The van der Waals surface area contributed by atoms with E-state index in [1.165, 1.54) is 4.88 Å². The number of carbonyl (C=O) groups is 2. The summed E-state index contributed by atoms with van der Waals surface area (Å²) in [5.41, 5.74) is 0. The van der Waals surface area contributed by atoms with Crippen molar-refractivity contribution in [2.24, 2.45) is 5.92 Å². The van der Waals surface area contributed by atoms with Gasteiger partial charge in [0, 0.05) is 35.0 Å². The van der Waals surface area contributed by atoms with Gasteiger partial charge in [0.05, 0.1) is 5.92 Å². The molecule has 112 valence electrons. The van der Waals surface area contributed by atoms with Crippen molar-refractivity contribution in [3.05, 3.63) is 28.0 Å². The van der Waals surface area contributed by atoms with Crippen molar-refractivity contribution in [3.8, 4) is 0 Å². The highest BCUT2D eigenvalue weighted by atomic mass is 32.1. The molecule has 0 saturated carbocycles. The van der Waals surface area contributed by atoms with Crippen LogP contribution < -0.4 is 5.32 Å². The highest BCUT2D eigenvalue weighted by Gasteiger charge is 2.40. The minimum absolute atomic E-state index is 0.144. The van der Waals surface area contributed by atoms with Crippen molar-refractivity contribution < 1.29 is 14.7 Å². The summed E-state index contributed by atoms with van der Waals surface area (Å²) in [5, 5.41) is 11.6. The molecule has 1 aromatic rings. The Bertz CT molecular complexity index is 581. The number of carboxylic acids is 1. The molecule has 2 aliphatic rings. The molecule has 6 heteroatoms. The molecule has 2 fully saturated rings. The fraction of sp³-hybridized carbons (Fsp3) is 0.467. The van der Waals surface area contributed by atoms with Gasteiger partial charge in [-0.1, -0.05) is 0 Å². The van der Waals surface area contributed by atoms with E-state index in [0.717, 1.165) is 43.4 Å². The summed E-state index contributed by atoms with van der Waals surface area (Å²) in [6, 6.07) is 4.30. The van der Waals surface area contributed by atoms with Gasteiger partial charge in [0.15, 0.2) is 0 Å². The van der Waals surface area contributed by atoms with Crippen molar-refractivity contribution in [1.82, 2.24) is 10.2 Å². The molecule has 0 aliphatic carbocycles. The van der Waals surface area contributed by atoms with Gasteiger partial charge >= 0.3 is 5.97 Å². The van der Waals surface area contributed by atoms with Gasteiger partial charge in [0.1, 0.15) is 0 Å². The molecule has 0 aromatic carbocycles. The van der Waals surface area contributed by atoms with Crippen LogP contribution >= 0.6 is 11.3 Å². The first kappa shape index (κ1) is 14.3. The first-order chi connectivity index (χ1) is 10.1. The Morgan fingerprint density at radius 1 is 1.52 bits per heavy atom. The van der Waals surface area contributed by atoms with Gasteiger partial charge in [0.2, 0.25) is 5.91 Å². The zero-order chi connectivity index (χ0) is 14.8. The monoisotopic (exact) mass is 306 g/mol. The van der Waals surface area contributed by atoms with Crippen LogP contribution in [0.3, 0.4) is 0 Å². The Morgan fingerprint density at radius 2 is 2.38 bits per heavy atom. The number of hydrogen-bond acceptors (Lipinski definition) is 4. The second-order valence-corrected chi connectivity index (χ2v) is 6.71. The van der Waals surface area contributed by atoms with E-state index in [0.29, 0.717) is 6.04 Å². The van der Waals surface area contributed by atoms with E-state index in [-0.39, 0.29) is 11.8 Å². The van der Waals surface area contributed by atoms with Crippen LogP contribution in [0.4, 0.5) is 0 Å². The van der Waals surface area contributed by atoms with Gasteiger partial charge in [-0.2, -0.15) is 0 Å². The Hall–Kier alpha value is -1.66. The smallest absolute Gasteiger partial charge is 0.328 e. The maximum atomic E-state index is 11.8. The Labute approximate surface area is 127 Å². The number of piperidine rings is 1. The van der Waals surface area contributed by atoms with Crippen LogP contribution in [0.1, 0.15) is 22.6 Å². The molecule has 3 heterocycles. The zero-order valence-corrected chi connectivity index (χ0v) is 12.4. The summed E-state index contributed by atoms with van der Waals surface area (Å²) < 4.78 is 0. The second kappa shape index (κ2) is 5.99. The fourth-order valence-corrected chi connectivity index (χ4v) is 4.10. The van der Waals surface area contributed by atoms with E-state index in [2.05, 4.69) is 10.2 Å². The molecule has 1 amide bonds. The quantitative estimate of drug-likeness (QED) is 0.828. The average molecular weight is 306 g/mol. The number of rotatable bonds is 4. The van der Waals surface area contributed by atoms with Gasteiger partial charge in [-0.05, 0) is 37.6 Å². The van der Waals surface area contributed by atoms with E-state index < -0.39 is 5.97 Å². The van der Waals surface area contributed by atoms with Gasteiger partial charge in [-0.25, -0.2) is 4.79 Å². The third-order valence-corrected chi connectivity index (χ3v) is 5.18. The molecule has 21 heavy (non-hydrogen) atoms. The number of nitrogens with zero attached hydrogens (tertiary/aromatic N) is 1. The summed E-state index contributed by atoms with van der Waals surface area (Å²) in [5.74, 6) is -0.592. The lowest BCUT2D eigenvalue weighted by Crippen LogP contribution is -2.44. The maximum Gasteiger partial charge on any atom is 0.328 e. The molecular formula is C15H18N2O3S. The molecule has 2 aliphatic heterocycles. The lowest BCUT2D eigenvalue weighted by atomic mass is 9.91. The summed E-state index contributed by atoms with van der Waals surface area (Å²) in [6.45, 7) is 2.61. The number of fused-ring (bicyclic) bond motifs is 1. The molecule has 1 aromatic heterocycles.